The zero-order valence-electron chi connectivity index (χ0n) is 10.5. The quantitative estimate of drug-likeness (QED) is 0.784. The molecular formula is C15H22O2. The number of rotatable bonds is 7. The van der Waals surface area contributed by atoms with Crippen molar-refractivity contribution >= 4 is 0 Å². The van der Waals surface area contributed by atoms with Crippen LogP contribution < -0.4 is 0 Å². The lowest BCUT2D eigenvalue weighted by Gasteiger charge is -2.22. The molecule has 0 radical (unpaired) electrons. The maximum Gasteiger partial charge on any atom is 0.105 e. The van der Waals surface area contributed by atoms with Gasteiger partial charge in [-0.3, -0.25) is 0 Å². The van der Waals surface area contributed by atoms with Gasteiger partial charge in [-0.15, -0.1) is 0 Å². The Morgan fingerprint density at radius 3 is 2.59 bits per heavy atom. The smallest absolute Gasteiger partial charge is 0.105 e. The fourth-order valence-corrected chi connectivity index (χ4v) is 2.09. The average Bonchev–Trinajstić information content (AvgIpc) is 3.19. The van der Waals surface area contributed by atoms with Crippen molar-refractivity contribution < 1.29 is 9.84 Å². The second kappa shape index (κ2) is 6.18. The SMILES string of the molecule is CCC(OCCC1CC1)C(O)c1ccccc1. The number of benzene rings is 1. The molecule has 94 valence electrons. The third-order valence-electron chi connectivity index (χ3n) is 3.45. The fraction of sp³-hybridized carbons (Fsp3) is 0.600. The van der Waals surface area contributed by atoms with Crippen molar-refractivity contribution in [2.75, 3.05) is 6.61 Å². The normalized spacial score (nSPS) is 18.9. The monoisotopic (exact) mass is 234 g/mol. The van der Waals surface area contributed by atoms with Crippen LogP contribution in [0.1, 0.15) is 44.3 Å². The van der Waals surface area contributed by atoms with Gasteiger partial charge < -0.3 is 9.84 Å². The van der Waals surface area contributed by atoms with Crippen LogP contribution in [0.25, 0.3) is 0 Å². The molecule has 0 bridgehead atoms. The fourth-order valence-electron chi connectivity index (χ4n) is 2.09. The van der Waals surface area contributed by atoms with E-state index in [1.807, 2.05) is 30.3 Å². The topological polar surface area (TPSA) is 29.5 Å². The molecule has 2 unspecified atom stereocenters. The molecule has 2 nitrogen and oxygen atoms in total. The lowest BCUT2D eigenvalue weighted by Crippen LogP contribution is -2.22. The first-order valence-corrected chi connectivity index (χ1v) is 6.66. The summed E-state index contributed by atoms with van der Waals surface area (Å²) in [6.45, 7) is 2.85. The van der Waals surface area contributed by atoms with Gasteiger partial charge >= 0.3 is 0 Å². The van der Waals surface area contributed by atoms with E-state index in [0.29, 0.717) is 0 Å². The summed E-state index contributed by atoms with van der Waals surface area (Å²) in [6.07, 6.45) is 4.15. The van der Waals surface area contributed by atoms with Crippen LogP contribution >= 0.6 is 0 Å². The number of hydrogen-bond acceptors (Lipinski definition) is 2. The summed E-state index contributed by atoms with van der Waals surface area (Å²) in [6, 6.07) is 9.78. The maximum atomic E-state index is 10.2. The van der Waals surface area contributed by atoms with Gasteiger partial charge in [0.1, 0.15) is 6.10 Å². The lowest BCUT2D eigenvalue weighted by molar-refractivity contribution is -0.0422. The van der Waals surface area contributed by atoms with Gasteiger partial charge in [-0.05, 0) is 24.3 Å². The van der Waals surface area contributed by atoms with Crippen molar-refractivity contribution in [3.8, 4) is 0 Å². The molecule has 1 saturated carbocycles. The highest BCUT2D eigenvalue weighted by molar-refractivity contribution is 5.18. The van der Waals surface area contributed by atoms with Gasteiger partial charge in [0.2, 0.25) is 0 Å². The zero-order chi connectivity index (χ0) is 12.1. The van der Waals surface area contributed by atoms with E-state index in [-0.39, 0.29) is 6.10 Å². The number of ether oxygens (including phenoxy) is 1. The molecule has 0 heterocycles. The van der Waals surface area contributed by atoms with E-state index in [1.165, 1.54) is 12.8 Å². The third kappa shape index (κ3) is 3.83. The molecule has 0 aromatic heterocycles. The molecule has 0 spiro atoms. The Kier molecular flexibility index (Phi) is 4.57. The Balaban J connectivity index is 1.83. The largest absolute Gasteiger partial charge is 0.386 e. The van der Waals surface area contributed by atoms with E-state index in [1.54, 1.807) is 0 Å². The second-order valence-corrected chi connectivity index (χ2v) is 4.91. The minimum atomic E-state index is -0.500. The Hall–Kier alpha value is -0.860. The van der Waals surface area contributed by atoms with Crippen molar-refractivity contribution in [1.29, 1.82) is 0 Å². The summed E-state index contributed by atoms with van der Waals surface area (Å²) in [4.78, 5) is 0. The highest BCUT2D eigenvalue weighted by Gasteiger charge is 2.23. The Morgan fingerprint density at radius 1 is 1.29 bits per heavy atom. The van der Waals surface area contributed by atoms with Crippen LogP contribution in [0.2, 0.25) is 0 Å². The van der Waals surface area contributed by atoms with Crippen LogP contribution in [0.15, 0.2) is 30.3 Å². The maximum absolute atomic E-state index is 10.2. The lowest BCUT2D eigenvalue weighted by atomic mass is 10.0. The van der Waals surface area contributed by atoms with Crippen molar-refractivity contribution in [1.82, 2.24) is 0 Å². The Bertz CT molecular complexity index is 319. The summed E-state index contributed by atoms with van der Waals surface area (Å²) >= 11 is 0. The van der Waals surface area contributed by atoms with Crippen LogP contribution in [0, 0.1) is 5.92 Å². The highest BCUT2D eigenvalue weighted by Crippen LogP contribution is 2.32. The van der Waals surface area contributed by atoms with Crippen molar-refractivity contribution in [2.45, 2.75) is 44.8 Å². The number of aliphatic hydroxyl groups excluding tert-OH is 1. The third-order valence-corrected chi connectivity index (χ3v) is 3.45. The predicted molar refractivity (Wildman–Crippen MR) is 68.8 cm³/mol. The van der Waals surface area contributed by atoms with Gasteiger partial charge in [-0.2, -0.15) is 0 Å². The van der Waals surface area contributed by atoms with Crippen LogP contribution in [-0.2, 0) is 4.74 Å². The Labute approximate surface area is 104 Å². The first-order chi connectivity index (χ1) is 8.31. The molecule has 1 N–H and O–H groups in total. The minimum absolute atomic E-state index is 0.0730. The van der Waals surface area contributed by atoms with Crippen LogP contribution in [0.3, 0.4) is 0 Å². The molecule has 2 rings (SSSR count). The van der Waals surface area contributed by atoms with Crippen LogP contribution in [0.4, 0.5) is 0 Å². The first-order valence-electron chi connectivity index (χ1n) is 6.66. The Morgan fingerprint density at radius 2 is 2.00 bits per heavy atom. The standard InChI is InChI=1S/C15H22O2/c1-2-14(17-11-10-12-8-9-12)15(16)13-6-4-3-5-7-13/h3-7,12,14-16H,2,8-11H2,1H3. The molecule has 2 heteroatoms. The molecule has 1 aromatic carbocycles. The van der Waals surface area contributed by atoms with Gasteiger partial charge in [0, 0.05) is 6.61 Å². The van der Waals surface area contributed by atoms with Crippen LogP contribution in [-0.4, -0.2) is 17.8 Å². The van der Waals surface area contributed by atoms with Gasteiger partial charge in [-0.1, -0.05) is 50.1 Å². The minimum Gasteiger partial charge on any atom is -0.386 e. The highest BCUT2D eigenvalue weighted by atomic mass is 16.5. The summed E-state index contributed by atoms with van der Waals surface area (Å²) < 4.78 is 5.81. The molecule has 1 fully saturated rings. The molecule has 1 aliphatic rings. The summed E-state index contributed by atoms with van der Waals surface area (Å²) in [7, 11) is 0. The molecule has 1 aromatic rings. The van der Waals surface area contributed by atoms with E-state index in [2.05, 4.69) is 6.92 Å². The van der Waals surface area contributed by atoms with Gasteiger partial charge in [0.25, 0.3) is 0 Å². The molecule has 1 aliphatic carbocycles. The van der Waals surface area contributed by atoms with Crippen molar-refractivity contribution in [3.63, 3.8) is 0 Å². The van der Waals surface area contributed by atoms with E-state index < -0.39 is 6.10 Å². The van der Waals surface area contributed by atoms with E-state index >= 15 is 0 Å². The number of hydrogen-bond donors (Lipinski definition) is 1. The van der Waals surface area contributed by atoms with Gasteiger partial charge in [0.15, 0.2) is 0 Å². The molecular weight excluding hydrogens is 212 g/mol. The second-order valence-electron chi connectivity index (χ2n) is 4.91. The summed E-state index contributed by atoms with van der Waals surface area (Å²) in [5.41, 5.74) is 0.950. The summed E-state index contributed by atoms with van der Waals surface area (Å²) in [5, 5.41) is 10.2. The first kappa shape index (κ1) is 12.6. The van der Waals surface area contributed by atoms with Gasteiger partial charge in [0.05, 0.1) is 6.10 Å². The van der Waals surface area contributed by atoms with E-state index in [4.69, 9.17) is 4.74 Å². The van der Waals surface area contributed by atoms with E-state index in [0.717, 1.165) is 30.9 Å². The van der Waals surface area contributed by atoms with E-state index in [9.17, 15) is 5.11 Å². The molecule has 0 aliphatic heterocycles. The molecule has 0 amide bonds. The molecule has 2 atom stereocenters. The van der Waals surface area contributed by atoms with Crippen molar-refractivity contribution in [2.24, 2.45) is 5.92 Å². The predicted octanol–water partition coefficient (Wildman–Crippen LogP) is 3.32. The van der Waals surface area contributed by atoms with Gasteiger partial charge in [-0.25, -0.2) is 0 Å². The number of aliphatic hydroxyl groups is 1. The van der Waals surface area contributed by atoms with Crippen LogP contribution in [0.5, 0.6) is 0 Å². The summed E-state index contributed by atoms with van der Waals surface area (Å²) in [5.74, 6) is 0.890. The average molecular weight is 234 g/mol. The molecule has 0 saturated heterocycles. The molecule has 17 heavy (non-hydrogen) atoms. The zero-order valence-corrected chi connectivity index (χ0v) is 10.5. The van der Waals surface area contributed by atoms with Crippen molar-refractivity contribution in [3.05, 3.63) is 35.9 Å².